The van der Waals surface area contributed by atoms with Crippen molar-refractivity contribution >= 4 is 55.2 Å². The second kappa shape index (κ2) is 10.2. The molecule has 11 heteroatoms. The lowest BCUT2D eigenvalue weighted by Gasteiger charge is -2.36. The van der Waals surface area contributed by atoms with E-state index >= 15 is 0 Å². The maximum absolute atomic E-state index is 6.28. The summed E-state index contributed by atoms with van der Waals surface area (Å²) in [4.78, 5) is 21.0. The van der Waals surface area contributed by atoms with Crippen LogP contribution in [0, 0.1) is 0 Å². The van der Waals surface area contributed by atoms with E-state index in [0.717, 1.165) is 104 Å². The van der Waals surface area contributed by atoms with Crippen LogP contribution in [0.25, 0.3) is 20.4 Å². The van der Waals surface area contributed by atoms with E-state index in [1.165, 1.54) is 16.5 Å². The number of thioether (sulfide) groups is 1. The monoisotopic (exact) mass is 530 g/mol. The predicted octanol–water partition coefficient (Wildman–Crippen LogP) is 3.39. The summed E-state index contributed by atoms with van der Waals surface area (Å²) in [5.41, 5.74) is 3.31. The highest BCUT2D eigenvalue weighted by atomic mass is 32.2. The average Bonchev–Trinajstić information content (AvgIpc) is 3.27. The second-order valence-corrected chi connectivity index (χ2v) is 11.9. The number of hydrogen-bond donors (Lipinski definition) is 1. The first-order chi connectivity index (χ1) is 17.5. The van der Waals surface area contributed by atoms with Gasteiger partial charge in [-0.25, -0.2) is 15.0 Å². The van der Waals surface area contributed by atoms with Gasteiger partial charge in [0.1, 0.15) is 16.5 Å². The number of pyridine rings is 1. The van der Waals surface area contributed by atoms with Gasteiger partial charge in [-0.15, -0.1) is 11.3 Å². The first-order valence-electron chi connectivity index (χ1n) is 12.7. The van der Waals surface area contributed by atoms with Crippen LogP contribution in [0.1, 0.15) is 25.0 Å². The molecule has 36 heavy (non-hydrogen) atoms. The van der Waals surface area contributed by atoms with Crippen LogP contribution in [-0.4, -0.2) is 97.4 Å². The largest absolute Gasteiger partial charge is 0.379 e. The van der Waals surface area contributed by atoms with Crippen LogP contribution in [0.4, 0.5) is 11.6 Å². The van der Waals surface area contributed by atoms with Crippen LogP contribution in [0.5, 0.6) is 0 Å². The summed E-state index contributed by atoms with van der Waals surface area (Å²) in [5, 5.41) is 5.59. The highest BCUT2D eigenvalue weighted by molar-refractivity contribution is 7.98. The Morgan fingerprint density at radius 3 is 2.50 bits per heavy atom. The molecular weight excluding hydrogens is 496 g/mol. The maximum atomic E-state index is 6.28. The minimum atomic E-state index is -0.230. The van der Waals surface area contributed by atoms with Gasteiger partial charge in [0.15, 0.2) is 5.16 Å². The van der Waals surface area contributed by atoms with Gasteiger partial charge in [-0.2, -0.15) is 0 Å². The molecule has 3 aromatic heterocycles. The first-order valence-corrected chi connectivity index (χ1v) is 14.8. The number of thiophene rings is 1. The summed E-state index contributed by atoms with van der Waals surface area (Å²) in [6.07, 6.45) is 2.87. The Morgan fingerprint density at radius 2 is 1.75 bits per heavy atom. The molecule has 9 nitrogen and oxygen atoms in total. The third-order valence-corrected chi connectivity index (χ3v) is 8.79. The van der Waals surface area contributed by atoms with Crippen molar-refractivity contribution in [2.24, 2.45) is 0 Å². The van der Waals surface area contributed by atoms with Gasteiger partial charge in [-0.3, -0.25) is 4.90 Å². The second-order valence-electron chi connectivity index (χ2n) is 10.1. The summed E-state index contributed by atoms with van der Waals surface area (Å²) >= 11 is 3.29. The van der Waals surface area contributed by atoms with Crippen LogP contribution in [0.3, 0.4) is 0 Å². The Labute approximate surface area is 219 Å². The third-order valence-electron chi connectivity index (χ3n) is 7.16. The van der Waals surface area contributed by atoms with Gasteiger partial charge >= 0.3 is 0 Å². The predicted molar refractivity (Wildman–Crippen MR) is 146 cm³/mol. The molecule has 6 heterocycles. The molecule has 0 aliphatic carbocycles. The van der Waals surface area contributed by atoms with Gasteiger partial charge < -0.3 is 24.4 Å². The van der Waals surface area contributed by atoms with E-state index in [4.69, 9.17) is 29.2 Å². The minimum Gasteiger partial charge on any atom is -0.379 e. The average molecular weight is 531 g/mol. The number of fused-ring (bicyclic) bond motifs is 5. The van der Waals surface area contributed by atoms with Crippen LogP contribution in [0.2, 0.25) is 0 Å². The van der Waals surface area contributed by atoms with Gasteiger partial charge in [0, 0.05) is 56.6 Å². The number of nitrogens with one attached hydrogen (secondary N) is 1. The Bertz CT molecular complexity index is 1250. The number of ether oxygens (including phenoxy) is 3. The van der Waals surface area contributed by atoms with E-state index < -0.39 is 0 Å². The molecule has 0 atom stereocenters. The van der Waals surface area contributed by atoms with E-state index in [9.17, 15) is 0 Å². The zero-order chi connectivity index (χ0) is 24.7. The van der Waals surface area contributed by atoms with Crippen molar-refractivity contribution in [3.63, 3.8) is 0 Å². The Kier molecular flexibility index (Phi) is 6.95. The first kappa shape index (κ1) is 24.6. The number of hydrogen-bond acceptors (Lipinski definition) is 11. The molecule has 0 saturated carbocycles. The minimum absolute atomic E-state index is 0.230. The van der Waals surface area contributed by atoms with E-state index in [0.29, 0.717) is 6.61 Å². The standard InChI is InChI=1S/C25H34N6O3S2/c1-25(2)14-16-17(15-34-25)22(31-8-12-33-13-9-31)29-23-18(16)19-20(36-23)21(28-24(27-19)35-3)26-4-5-30-6-10-32-11-7-30/h4-15H2,1-3H3,(H,26,27,28). The lowest BCUT2D eigenvalue weighted by atomic mass is 9.90. The molecule has 6 rings (SSSR count). The van der Waals surface area contributed by atoms with Gasteiger partial charge in [0.25, 0.3) is 0 Å². The topological polar surface area (TPSA) is 84.9 Å². The normalized spacial score (nSPS) is 20.7. The molecule has 3 aromatic rings. The Hall–Kier alpha value is -1.76. The van der Waals surface area contributed by atoms with Crippen molar-refractivity contribution in [3.05, 3.63) is 11.1 Å². The molecule has 2 fully saturated rings. The molecule has 3 aliphatic rings. The fourth-order valence-corrected chi connectivity index (χ4v) is 6.71. The summed E-state index contributed by atoms with van der Waals surface area (Å²) in [7, 11) is 0. The summed E-state index contributed by atoms with van der Waals surface area (Å²) in [6, 6.07) is 0. The van der Waals surface area contributed by atoms with E-state index in [2.05, 4.69) is 29.0 Å². The van der Waals surface area contributed by atoms with Crippen LogP contribution < -0.4 is 10.2 Å². The smallest absolute Gasteiger partial charge is 0.189 e. The summed E-state index contributed by atoms with van der Waals surface area (Å²) in [5.74, 6) is 1.95. The Morgan fingerprint density at radius 1 is 1.00 bits per heavy atom. The summed E-state index contributed by atoms with van der Waals surface area (Å²) in [6.45, 7) is 13.5. The van der Waals surface area contributed by atoms with E-state index in [1.807, 2.05) is 6.26 Å². The molecule has 1 N–H and O–H groups in total. The molecule has 0 amide bonds. The fraction of sp³-hybridized carbons (Fsp3) is 0.640. The van der Waals surface area contributed by atoms with Crippen molar-refractivity contribution in [2.45, 2.75) is 37.6 Å². The van der Waals surface area contributed by atoms with Crippen molar-refractivity contribution in [1.29, 1.82) is 0 Å². The molecule has 0 radical (unpaired) electrons. The third kappa shape index (κ3) is 4.77. The highest BCUT2D eigenvalue weighted by Gasteiger charge is 2.33. The zero-order valence-electron chi connectivity index (χ0n) is 21.3. The molecule has 0 bridgehead atoms. The molecular formula is C25H34N6O3S2. The number of anilines is 2. The summed E-state index contributed by atoms with van der Waals surface area (Å²) < 4.78 is 18.5. The lowest BCUT2D eigenvalue weighted by molar-refractivity contribution is -0.0396. The fourth-order valence-electron chi connectivity index (χ4n) is 5.24. The molecule has 2 saturated heterocycles. The van der Waals surface area contributed by atoms with Gasteiger partial charge in [-0.05, 0) is 25.7 Å². The molecule has 194 valence electrons. The zero-order valence-corrected chi connectivity index (χ0v) is 22.9. The quantitative estimate of drug-likeness (QED) is 0.378. The van der Waals surface area contributed by atoms with Crippen LogP contribution in [-0.2, 0) is 27.2 Å². The van der Waals surface area contributed by atoms with Gasteiger partial charge in [-0.1, -0.05) is 11.8 Å². The van der Waals surface area contributed by atoms with Crippen molar-refractivity contribution in [2.75, 3.05) is 82.2 Å². The highest BCUT2D eigenvalue weighted by Crippen LogP contribution is 2.44. The molecule has 0 aromatic carbocycles. The van der Waals surface area contributed by atoms with Gasteiger partial charge in [0.2, 0.25) is 0 Å². The van der Waals surface area contributed by atoms with E-state index in [-0.39, 0.29) is 5.60 Å². The van der Waals surface area contributed by atoms with Gasteiger partial charge in [0.05, 0.1) is 48.9 Å². The van der Waals surface area contributed by atoms with Crippen molar-refractivity contribution in [1.82, 2.24) is 19.9 Å². The lowest BCUT2D eigenvalue weighted by Crippen LogP contribution is -2.39. The number of aromatic nitrogens is 3. The number of nitrogens with zero attached hydrogens (tertiary/aromatic N) is 5. The van der Waals surface area contributed by atoms with Crippen molar-refractivity contribution in [3.8, 4) is 0 Å². The molecule has 0 unspecified atom stereocenters. The number of morpholine rings is 2. The van der Waals surface area contributed by atoms with E-state index in [1.54, 1.807) is 23.1 Å². The SMILES string of the molecule is CSc1nc(NCCN2CCOCC2)c2sc3nc(N4CCOCC4)c4c(c3c2n1)CC(C)(C)OC4. The van der Waals surface area contributed by atoms with Crippen molar-refractivity contribution < 1.29 is 14.2 Å². The number of rotatable bonds is 6. The maximum Gasteiger partial charge on any atom is 0.189 e. The Balaban J connectivity index is 1.44. The molecule has 3 aliphatic heterocycles. The molecule has 0 spiro atoms. The van der Waals surface area contributed by atoms with Crippen LogP contribution in [0.15, 0.2) is 5.16 Å². The van der Waals surface area contributed by atoms with Crippen LogP contribution >= 0.6 is 23.1 Å².